The molecule has 0 aliphatic heterocycles. The third kappa shape index (κ3) is 3.62. The lowest BCUT2D eigenvalue weighted by Crippen LogP contribution is -2.09. The maximum atomic E-state index is 3.27. The van der Waals surface area contributed by atoms with Crippen molar-refractivity contribution in [1.82, 2.24) is 9.36 Å². The average Bonchev–Trinajstić information content (AvgIpc) is 2.12. The predicted molar refractivity (Wildman–Crippen MR) is 53.8 cm³/mol. The molecule has 2 N–H and O–H groups in total. The molecule has 0 unspecified atom stereocenters. The molecule has 12 heavy (non-hydrogen) atoms. The maximum absolute atomic E-state index is 3.27. The molecule has 0 amide bonds. The van der Waals surface area contributed by atoms with Crippen LogP contribution in [0.25, 0.3) is 0 Å². The summed E-state index contributed by atoms with van der Waals surface area (Å²) in [5.41, 5.74) is 1.59. The number of rotatable bonds is 1. The lowest BCUT2D eigenvalue weighted by atomic mass is 9.91. The van der Waals surface area contributed by atoms with Crippen molar-refractivity contribution in [2.75, 3.05) is 0 Å². The molecule has 0 aliphatic rings. The molecule has 2 nitrogen and oxygen atoms in total. The van der Waals surface area contributed by atoms with Crippen molar-refractivity contribution < 1.29 is 0 Å². The Kier molecular flexibility index (Phi) is 2.98. The zero-order valence-corrected chi connectivity index (χ0v) is 8.66. The molecule has 0 saturated heterocycles. The topological polar surface area (TPSA) is 31.6 Å². The quantitative estimate of drug-likeness (QED) is 0.672. The van der Waals surface area contributed by atoms with Gasteiger partial charge in [0.2, 0.25) is 0 Å². The lowest BCUT2D eigenvalue weighted by Gasteiger charge is -2.16. The highest BCUT2D eigenvalue weighted by Gasteiger charge is 2.10. The zero-order valence-electron chi connectivity index (χ0n) is 7.85. The van der Waals surface area contributed by atoms with Crippen molar-refractivity contribution in [3.8, 4) is 0 Å². The van der Waals surface area contributed by atoms with E-state index in [1.165, 1.54) is 5.69 Å². The van der Waals surface area contributed by atoms with Gasteiger partial charge in [0, 0.05) is 23.5 Å². The fourth-order valence-electron chi connectivity index (χ4n) is 1.02. The molecule has 0 bridgehead atoms. The van der Waals surface area contributed by atoms with Crippen molar-refractivity contribution >= 4 is 11.5 Å². The monoisotopic (exact) mass is 184 g/mol. The van der Waals surface area contributed by atoms with Gasteiger partial charge in [0.05, 0.1) is 0 Å². The maximum Gasteiger partial charge on any atom is 0.0414 e. The van der Waals surface area contributed by atoms with Gasteiger partial charge < -0.3 is 9.36 Å². The molecule has 0 radical (unpaired) electrons. The molecule has 0 aromatic carbocycles. The Morgan fingerprint density at radius 2 is 2.17 bits per heavy atom. The van der Waals surface area contributed by atoms with E-state index in [-0.39, 0.29) is 0 Å². The summed E-state index contributed by atoms with van der Waals surface area (Å²) in [6, 6.07) is 0. The Balaban J connectivity index is 2.79. The Labute approximate surface area is 77.5 Å². The van der Waals surface area contributed by atoms with Crippen LogP contribution in [0.5, 0.6) is 0 Å². The summed E-state index contributed by atoms with van der Waals surface area (Å²) in [5, 5.41) is 1.99. The molecule has 1 aromatic rings. The highest BCUT2D eigenvalue weighted by atomic mass is 32.1. The first-order chi connectivity index (χ1) is 5.58. The number of aromatic amines is 2. The fourth-order valence-corrected chi connectivity index (χ4v) is 1.52. The van der Waals surface area contributed by atoms with E-state index in [4.69, 9.17) is 0 Å². The zero-order chi connectivity index (χ0) is 9.03. The number of nitrogens with one attached hydrogen (secondary N) is 2. The molecular weight excluding hydrogens is 168 g/mol. The van der Waals surface area contributed by atoms with Crippen molar-refractivity contribution in [3.05, 3.63) is 23.5 Å². The number of aromatic nitrogens is 2. The minimum absolute atomic E-state index is 0.339. The molecule has 1 heterocycles. The van der Waals surface area contributed by atoms with E-state index in [1.54, 1.807) is 11.5 Å². The summed E-state index contributed by atoms with van der Waals surface area (Å²) in [5.74, 6) is 0. The first-order valence-electron chi connectivity index (χ1n) is 4.10. The summed E-state index contributed by atoms with van der Waals surface area (Å²) >= 11 is 1.60. The molecule has 0 fully saturated rings. The highest BCUT2D eigenvalue weighted by Crippen LogP contribution is 2.18. The molecular formula is C9H16N2S. The Bertz CT molecular complexity index is 242. The standard InChI is InChI=1S/C9H16N2S/c1-9(2,3)6-8-7-10-4-5-12-11-8/h4-5,7,10-11H,6H2,1-3H3. The summed E-state index contributed by atoms with van der Waals surface area (Å²) in [4.78, 5) is 3.09. The van der Waals surface area contributed by atoms with Crippen molar-refractivity contribution in [2.45, 2.75) is 27.2 Å². The van der Waals surface area contributed by atoms with Gasteiger partial charge in [-0.05, 0) is 11.8 Å². The summed E-state index contributed by atoms with van der Waals surface area (Å²) in [7, 11) is 0. The van der Waals surface area contributed by atoms with Crippen LogP contribution in [0.4, 0.5) is 0 Å². The molecule has 0 saturated carbocycles. The number of hydrogen-bond acceptors (Lipinski definition) is 1. The largest absolute Gasteiger partial charge is 0.365 e. The first-order valence-corrected chi connectivity index (χ1v) is 4.98. The Morgan fingerprint density at radius 1 is 1.42 bits per heavy atom. The highest BCUT2D eigenvalue weighted by molar-refractivity contribution is 7.03. The van der Waals surface area contributed by atoms with E-state index < -0.39 is 0 Å². The van der Waals surface area contributed by atoms with Crippen LogP contribution >= 0.6 is 11.5 Å². The van der Waals surface area contributed by atoms with E-state index in [9.17, 15) is 0 Å². The molecule has 68 valence electrons. The molecule has 3 heteroatoms. The van der Waals surface area contributed by atoms with Gasteiger partial charge in [-0.1, -0.05) is 32.3 Å². The van der Waals surface area contributed by atoms with E-state index >= 15 is 0 Å². The summed E-state index contributed by atoms with van der Waals surface area (Å²) in [6.45, 7) is 6.70. The van der Waals surface area contributed by atoms with Gasteiger partial charge in [-0.15, -0.1) is 0 Å². The molecule has 1 rings (SSSR count). The summed E-state index contributed by atoms with van der Waals surface area (Å²) < 4.78 is 3.27. The third-order valence-corrected chi connectivity index (χ3v) is 2.05. The van der Waals surface area contributed by atoms with Crippen molar-refractivity contribution in [2.24, 2.45) is 5.41 Å². The SMILES string of the molecule is CC(C)(C)Cc1c[nH]ccs[nH]1. The van der Waals surface area contributed by atoms with Gasteiger partial charge in [0.15, 0.2) is 0 Å². The lowest BCUT2D eigenvalue weighted by molar-refractivity contribution is 0.407. The average molecular weight is 184 g/mol. The molecule has 1 aromatic heterocycles. The van der Waals surface area contributed by atoms with E-state index in [2.05, 4.69) is 30.1 Å². The van der Waals surface area contributed by atoms with Crippen molar-refractivity contribution in [3.63, 3.8) is 0 Å². The van der Waals surface area contributed by atoms with Crippen LogP contribution in [0, 0.1) is 5.41 Å². The van der Waals surface area contributed by atoms with Crippen LogP contribution in [0.3, 0.4) is 0 Å². The van der Waals surface area contributed by atoms with Crippen LogP contribution in [-0.2, 0) is 6.42 Å². The Hall–Kier alpha value is -0.700. The van der Waals surface area contributed by atoms with Gasteiger partial charge >= 0.3 is 0 Å². The summed E-state index contributed by atoms with van der Waals surface area (Å²) in [6.07, 6.45) is 5.00. The third-order valence-electron chi connectivity index (χ3n) is 1.40. The predicted octanol–water partition coefficient (Wildman–Crippen LogP) is 3.12. The van der Waals surface area contributed by atoms with Crippen LogP contribution in [0.1, 0.15) is 26.5 Å². The van der Waals surface area contributed by atoms with Gasteiger partial charge in [-0.25, -0.2) is 0 Å². The molecule has 0 aliphatic carbocycles. The van der Waals surface area contributed by atoms with Gasteiger partial charge in [-0.3, -0.25) is 0 Å². The smallest absolute Gasteiger partial charge is 0.0414 e. The molecule has 0 spiro atoms. The van der Waals surface area contributed by atoms with Crippen LogP contribution in [-0.4, -0.2) is 9.36 Å². The second-order valence-corrected chi connectivity index (χ2v) is 4.81. The van der Waals surface area contributed by atoms with Gasteiger partial charge in [-0.2, -0.15) is 0 Å². The van der Waals surface area contributed by atoms with E-state index in [1.807, 2.05) is 17.8 Å². The van der Waals surface area contributed by atoms with Crippen molar-refractivity contribution in [1.29, 1.82) is 0 Å². The number of hydrogen-bond donors (Lipinski definition) is 2. The van der Waals surface area contributed by atoms with Gasteiger partial charge in [0.1, 0.15) is 0 Å². The molecule has 0 atom stereocenters. The first kappa shape index (κ1) is 9.39. The van der Waals surface area contributed by atoms with Crippen LogP contribution in [0.2, 0.25) is 0 Å². The van der Waals surface area contributed by atoms with Gasteiger partial charge in [0.25, 0.3) is 0 Å². The normalized spacial score (nSPS) is 11.2. The minimum atomic E-state index is 0.339. The second kappa shape index (κ2) is 3.81. The number of H-pyrrole nitrogens is 2. The van der Waals surface area contributed by atoms with E-state index in [0.717, 1.165) is 6.42 Å². The van der Waals surface area contributed by atoms with Crippen LogP contribution < -0.4 is 0 Å². The van der Waals surface area contributed by atoms with E-state index in [0.29, 0.717) is 5.41 Å². The minimum Gasteiger partial charge on any atom is -0.365 e. The van der Waals surface area contributed by atoms with Crippen LogP contribution in [0.15, 0.2) is 17.8 Å². The fraction of sp³-hybridized carbons (Fsp3) is 0.556. The second-order valence-electron chi connectivity index (χ2n) is 4.10. The Morgan fingerprint density at radius 3 is 2.83 bits per heavy atom.